The van der Waals surface area contributed by atoms with Crippen LogP contribution in [0, 0.1) is 5.92 Å². The Hall–Kier alpha value is -1.82. The van der Waals surface area contributed by atoms with Crippen LogP contribution in [-0.4, -0.2) is 43.6 Å². The van der Waals surface area contributed by atoms with Gasteiger partial charge in [0.15, 0.2) is 0 Å². The van der Waals surface area contributed by atoms with Crippen LogP contribution in [0.15, 0.2) is 28.7 Å². The van der Waals surface area contributed by atoms with E-state index < -0.39 is 0 Å². The molecule has 130 valence electrons. The van der Waals surface area contributed by atoms with E-state index in [0.717, 1.165) is 22.9 Å². The first-order chi connectivity index (χ1) is 11.5. The summed E-state index contributed by atoms with van der Waals surface area (Å²) in [7, 11) is 1.59. The number of ether oxygens (including phenoxy) is 2. The first-order valence-corrected chi connectivity index (χ1v) is 8.81. The molecule has 0 bridgehead atoms. The Kier molecular flexibility index (Phi) is 6.85. The minimum Gasteiger partial charge on any atom is -0.496 e. The smallest absolute Gasteiger partial charge is 0.310 e. The predicted molar refractivity (Wildman–Crippen MR) is 95.7 cm³/mol. The number of benzene rings is 1. The number of esters is 1. The standard InChI is InChI=1S/C18H22BrNO4/c1-3-24-18(22)14-5-4-10-20(12-14)17(21)9-6-13-11-15(19)7-8-16(13)23-2/h6-9,11,14H,3-5,10,12H2,1-2H3/b9-6+. The van der Waals surface area contributed by atoms with Gasteiger partial charge in [-0.15, -0.1) is 0 Å². The lowest BCUT2D eigenvalue weighted by Gasteiger charge is -2.30. The van der Waals surface area contributed by atoms with E-state index in [2.05, 4.69) is 15.9 Å². The summed E-state index contributed by atoms with van der Waals surface area (Å²) >= 11 is 3.41. The number of amides is 1. The minimum absolute atomic E-state index is 0.106. The molecule has 0 radical (unpaired) electrons. The van der Waals surface area contributed by atoms with Crippen LogP contribution < -0.4 is 4.74 Å². The molecule has 1 unspecified atom stereocenters. The van der Waals surface area contributed by atoms with Gasteiger partial charge in [0.05, 0.1) is 19.6 Å². The fraction of sp³-hybridized carbons (Fsp3) is 0.444. The second kappa shape index (κ2) is 8.87. The van der Waals surface area contributed by atoms with Crippen molar-refractivity contribution in [2.75, 3.05) is 26.8 Å². The third-order valence-corrected chi connectivity index (χ3v) is 4.44. The van der Waals surface area contributed by atoms with E-state index in [9.17, 15) is 9.59 Å². The molecule has 1 aromatic rings. The highest BCUT2D eigenvalue weighted by Crippen LogP contribution is 2.24. The molecule has 5 nitrogen and oxygen atoms in total. The summed E-state index contributed by atoms with van der Waals surface area (Å²) in [6.45, 7) is 3.23. The van der Waals surface area contributed by atoms with Crippen LogP contribution in [-0.2, 0) is 14.3 Å². The number of carbonyl (C=O) groups excluding carboxylic acids is 2. The van der Waals surface area contributed by atoms with Crippen molar-refractivity contribution in [3.05, 3.63) is 34.3 Å². The lowest BCUT2D eigenvalue weighted by Crippen LogP contribution is -2.42. The molecule has 1 aromatic carbocycles. The zero-order chi connectivity index (χ0) is 17.5. The molecule has 1 aliphatic rings. The van der Waals surface area contributed by atoms with Crippen LogP contribution in [0.25, 0.3) is 6.08 Å². The van der Waals surface area contributed by atoms with Crippen molar-refractivity contribution in [1.29, 1.82) is 0 Å². The van der Waals surface area contributed by atoms with E-state index in [1.165, 1.54) is 6.08 Å². The monoisotopic (exact) mass is 395 g/mol. The maximum atomic E-state index is 12.4. The van der Waals surface area contributed by atoms with Crippen LogP contribution in [0.3, 0.4) is 0 Å². The average molecular weight is 396 g/mol. The van der Waals surface area contributed by atoms with Crippen molar-refractivity contribution in [2.45, 2.75) is 19.8 Å². The van der Waals surface area contributed by atoms with Gasteiger partial charge in [0.2, 0.25) is 5.91 Å². The molecule has 0 spiro atoms. The molecule has 1 heterocycles. The topological polar surface area (TPSA) is 55.8 Å². The molecule has 0 aliphatic carbocycles. The van der Waals surface area contributed by atoms with Crippen LogP contribution in [0.2, 0.25) is 0 Å². The van der Waals surface area contributed by atoms with Crippen LogP contribution in [0.5, 0.6) is 5.75 Å². The summed E-state index contributed by atoms with van der Waals surface area (Å²) in [4.78, 5) is 26.0. The number of nitrogens with zero attached hydrogens (tertiary/aromatic N) is 1. The fourth-order valence-corrected chi connectivity index (χ4v) is 3.11. The molecule has 1 saturated heterocycles. The molecule has 1 fully saturated rings. The Morgan fingerprint density at radius 1 is 1.42 bits per heavy atom. The van der Waals surface area contributed by atoms with Gasteiger partial charge in [-0.1, -0.05) is 15.9 Å². The Labute approximate surface area is 150 Å². The van der Waals surface area contributed by atoms with E-state index >= 15 is 0 Å². The van der Waals surface area contributed by atoms with E-state index in [1.54, 1.807) is 25.0 Å². The highest BCUT2D eigenvalue weighted by Gasteiger charge is 2.28. The van der Waals surface area contributed by atoms with Crippen LogP contribution in [0.1, 0.15) is 25.3 Å². The van der Waals surface area contributed by atoms with Gasteiger partial charge in [-0.3, -0.25) is 9.59 Å². The molecular weight excluding hydrogens is 374 g/mol. The van der Waals surface area contributed by atoms with Gasteiger partial charge < -0.3 is 14.4 Å². The number of hydrogen-bond acceptors (Lipinski definition) is 4. The summed E-state index contributed by atoms with van der Waals surface area (Å²) in [6.07, 6.45) is 4.84. The zero-order valence-electron chi connectivity index (χ0n) is 14.0. The van der Waals surface area contributed by atoms with Crippen LogP contribution >= 0.6 is 15.9 Å². The second-order valence-corrected chi connectivity index (χ2v) is 6.51. The van der Waals surface area contributed by atoms with Gasteiger partial charge in [0.1, 0.15) is 5.75 Å². The van der Waals surface area contributed by atoms with Crippen molar-refractivity contribution in [3.8, 4) is 5.75 Å². The lowest BCUT2D eigenvalue weighted by molar-refractivity contribution is -0.150. The highest BCUT2D eigenvalue weighted by atomic mass is 79.9. The summed E-state index contributed by atoms with van der Waals surface area (Å²) < 4.78 is 11.3. The van der Waals surface area contributed by atoms with Gasteiger partial charge in [-0.05, 0) is 44.0 Å². The predicted octanol–water partition coefficient (Wildman–Crippen LogP) is 3.27. The Morgan fingerprint density at radius 2 is 2.21 bits per heavy atom. The van der Waals surface area contributed by atoms with Crippen molar-refractivity contribution >= 4 is 33.9 Å². The minimum atomic E-state index is -0.226. The molecule has 1 atom stereocenters. The van der Waals surface area contributed by atoms with Crippen molar-refractivity contribution < 1.29 is 19.1 Å². The maximum Gasteiger partial charge on any atom is 0.310 e. The van der Waals surface area contributed by atoms with Gasteiger partial charge in [0, 0.05) is 29.2 Å². The van der Waals surface area contributed by atoms with Gasteiger partial charge in [-0.25, -0.2) is 0 Å². The lowest BCUT2D eigenvalue weighted by atomic mass is 9.98. The quantitative estimate of drug-likeness (QED) is 0.566. The van der Waals surface area contributed by atoms with Gasteiger partial charge >= 0.3 is 5.97 Å². The normalized spacial score (nSPS) is 17.8. The third-order valence-electron chi connectivity index (χ3n) is 3.95. The highest BCUT2D eigenvalue weighted by molar-refractivity contribution is 9.10. The summed E-state index contributed by atoms with van der Waals surface area (Å²) in [5.74, 6) is 0.153. The summed E-state index contributed by atoms with van der Waals surface area (Å²) in [5.41, 5.74) is 0.819. The fourth-order valence-electron chi connectivity index (χ4n) is 2.73. The molecule has 24 heavy (non-hydrogen) atoms. The number of carbonyl (C=O) groups is 2. The number of methoxy groups -OCH3 is 1. The number of piperidine rings is 1. The van der Waals surface area contributed by atoms with Crippen LogP contribution in [0.4, 0.5) is 0 Å². The Bertz CT molecular complexity index is 629. The first-order valence-electron chi connectivity index (χ1n) is 8.02. The Balaban J connectivity index is 2.04. The molecule has 0 saturated carbocycles. The molecule has 2 rings (SSSR count). The van der Waals surface area contributed by atoms with E-state index in [1.807, 2.05) is 18.2 Å². The number of halogens is 1. The van der Waals surface area contributed by atoms with Crippen molar-refractivity contribution in [1.82, 2.24) is 4.90 Å². The van der Waals surface area contributed by atoms with Crippen molar-refractivity contribution in [3.63, 3.8) is 0 Å². The van der Waals surface area contributed by atoms with Gasteiger partial charge in [0.25, 0.3) is 0 Å². The van der Waals surface area contributed by atoms with E-state index in [4.69, 9.17) is 9.47 Å². The molecule has 0 aromatic heterocycles. The molecule has 1 aliphatic heterocycles. The molecule has 6 heteroatoms. The zero-order valence-corrected chi connectivity index (χ0v) is 15.5. The number of hydrogen-bond donors (Lipinski definition) is 0. The summed E-state index contributed by atoms with van der Waals surface area (Å²) in [6, 6.07) is 5.61. The van der Waals surface area contributed by atoms with E-state index in [-0.39, 0.29) is 17.8 Å². The largest absolute Gasteiger partial charge is 0.496 e. The van der Waals surface area contributed by atoms with Crippen molar-refractivity contribution in [2.24, 2.45) is 5.92 Å². The summed E-state index contributed by atoms with van der Waals surface area (Å²) in [5, 5.41) is 0. The second-order valence-electron chi connectivity index (χ2n) is 5.60. The number of rotatable bonds is 5. The molecular formula is C18H22BrNO4. The maximum absolute atomic E-state index is 12.4. The third kappa shape index (κ3) is 4.84. The first kappa shape index (κ1) is 18.5. The Morgan fingerprint density at radius 3 is 2.92 bits per heavy atom. The SMILES string of the molecule is CCOC(=O)C1CCCN(C(=O)/C=C/c2cc(Br)ccc2OC)C1. The molecule has 1 amide bonds. The average Bonchev–Trinajstić information content (AvgIpc) is 2.60. The van der Waals surface area contributed by atoms with E-state index in [0.29, 0.717) is 25.4 Å². The van der Waals surface area contributed by atoms with Gasteiger partial charge in [-0.2, -0.15) is 0 Å². The number of likely N-dealkylation sites (tertiary alicyclic amines) is 1. The molecule has 0 N–H and O–H groups in total.